The first-order valence-electron chi connectivity index (χ1n) is 8.99. The van der Waals surface area contributed by atoms with Gasteiger partial charge in [-0.15, -0.1) is 0 Å². The summed E-state index contributed by atoms with van der Waals surface area (Å²) in [5.74, 6) is 2.07. The zero-order valence-electron chi connectivity index (χ0n) is 15.1. The molecule has 0 saturated carbocycles. The number of fused-ring (bicyclic) bond motifs is 2. The van der Waals surface area contributed by atoms with Gasteiger partial charge >= 0.3 is 0 Å². The molecule has 3 N–H and O–H groups in total. The fourth-order valence-electron chi connectivity index (χ4n) is 3.21. The maximum atomic E-state index is 12.3. The Morgan fingerprint density at radius 3 is 2.96 bits per heavy atom. The number of imidazole rings is 1. The molecule has 0 unspecified atom stereocenters. The molecular weight excluding hydrogens is 344 g/mol. The second-order valence-corrected chi connectivity index (χ2v) is 6.59. The summed E-state index contributed by atoms with van der Waals surface area (Å²) in [7, 11) is 1.99. The third kappa shape index (κ3) is 3.53. The SMILES string of the molecule is Cn1c(CCCNC(=O)[C@H]2COc3ccccc3O2)nc2cc(N)ccc21. The van der Waals surface area contributed by atoms with E-state index < -0.39 is 6.10 Å². The second kappa shape index (κ2) is 7.19. The van der Waals surface area contributed by atoms with Crippen LogP contribution in [-0.4, -0.2) is 34.7 Å². The number of amides is 1. The van der Waals surface area contributed by atoms with Gasteiger partial charge in [0.2, 0.25) is 6.10 Å². The second-order valence-electron chi connectivity index (χ2n) is 6.59. The molecule has 0 fully saturated rings. The van der Waals surface area contributed by atoms with Gasteiger partial charge in [-0.3, -0.25) is 4.79 Å². The molecule has 2 heterocycles. The molecule has 2 aromatic carbocycles. The van der Waals surface area contributed by atoms with E-state index in [9.17, 15) is 4.79 Å². The molecule has 1 aliphatic heterocycles. The Morgan fingerprint density at radius 2 is 2.11 bits per heavy atom. The summed E-state index contributed by atoms with van der Waals surface area (Å²) in [6, 6.07) is 13.1. The number of carbonyl (C=O) groups excluding carboxylic acids is 1. The summed E-state index contributed by atoms with van der Waals surface area (Å²) in [5, 5.41) is 2.91. The summed E-state index contributed by atoms with van der Waals surface area (Å²) in [6.07, 6.45) is 0.914. The zero-order chi connectivity index (χ0) is 18.8. The molecule has 1 aromatic heterocycles. The largest absolute Gasteiger partial charge is 0.485 e. The molecule has 27 heavy (non-hydrogen) atoms. The van der Waals surface area contributed by atoms with Crippen molar-refractivity contribution in [2.75, 3.05) is 18.9 Å². The Bertz CT molecular complexity index is 983. The van der Waals surface area contributed by atoms with Gasteiger partial charge in [-0.2, -0.15) is 0 Å². The number of hydrogen-bond acceptors (Lipinski definition) is 5. The van der Waals surface area contributed by atoms with Crippen molar-refractivity contribution in [3.63, 3.8) is 0 Å². The van der Waals surface area contributed by atoms with E-state index in [-0.39, 0.29) is 12.5 Å². The quantitative estimate of drug-likeness (QED) is 0.533. The van der Waals surface area contributed by atoms with E-state index in [0.29, 0.717) is 23.7 Å². The Hall–Kier alpha value is -3.22. The molecule has 3 aromatic rings. The summed E-state index contributed by atoms with van der Waals surface area (Å²) < 4.78 is 13.4. The number of aryl methyl sites for hydroxylation is 2. The van der Waals surface area contributed by atoms with Crippen LogP contribution < -0.4 is 20.5 Å². The number of nitrogens with one attached hydrogen (secondary N) is 1. The lowest BCUT2D eigenvalue weighted by atomic mass is 10.2. The molecule has 1 amide bonds. The molecule has 1 aliphatic rings. The molecule has 7 nitrogen and oxygen atoms in total. The number of nitrogens with zero attached hydrogens (tertiary/aromatic N) is 2. The average Bonchev–Trinajstić information content (AvgIpc) is 2.99. The van der Waals surface area contributed by atoms with Gasteiger partial charge in [0, 0.05) is 25.7 Å². The highest BCUT2D eigenvalue weighted by atomic mass is 16.6. The molecule has 140 valence electrons. The Kier molecular flexibility index (Phi) is 4.58. The molecule has 1 atom stereocenters. The van der Waals surface area contributed by atoms with Crippen molar-refractivity contribution >= 4 is 22.6 Å². The van der Waals surface area contributed by atoms with Gasteiger partial charge in [0.15, 0.2) is 11.5 Å². The number of rotatable bonds is 5. The smallest absolute Gasteiger partial charge is 0.264 e. The minimum Gasteiger partial charge on any atom is -0.485 e. The molecule has 4 rings (SSSR count). The highest BCUT2D eigenvalue weighted by Crippen LogP contribution is 2.30. The summed E-state index contributed by atoms with van der Waals surface area (Å²) in [6.45, 7) is 0.765. The first-order valence-corrected chi connectivity index (χ1v) is 8.99. The van der Waals surface area contributed by atoms with E-state index >= 15 is 0 Å². The lowest BCUT2D eigenvalue weighted by Crippen LogP contribution is -2.44. The maximum absolute atomic E-state index is 12.3. The van der Waals surface area contributed by atoms with E-state index in [1.807, 2.05) is 43.4 Å². The van der Waals surface area contributed by atoms with Crippen molar-refractivity contribution in [2.24, 2.45) is 7.05 Å². The lowest BCUT2D eigenvalue weighted by molar-refractivity contribution is -0.130. The molecule has 7 heteroatoms. The lowest BCUT2D eigenvalue weighted by Gasteiger charge is -2.25. The van der Waals surface area contributed by atoms with Crippen LogP contribution in [0.2, 0.25) is 0 Å². The predicted octanol–water partition coefficient (Wildman–Crippen LogP) is 2.04. The Morgan fingerprint density at radius 1 is 1.30 bits per heavy atom. The van der Waals surface area contributed by atoms with E-state index in [1.165, 1.54) is 0 Å². The van der Waals surface area contributed by atoms with Crippen LogP contribution >= 0.6 is 0 Å². The average molecular weight is 366 g/mol. The molecule has 0 bridgehead atoms. The number of benzene rings is 2. The van der Waals surface area contributed by atoms with Gasteiger partial charge in [-0.05, 0) is 36.8 Å². The first kappa shape index (κ1) is 17.2. The fraction of sp³-hybridized carbons (Fsp3) is 0.300. The molecule has 0 spiro atoms. The van der Waals surface area contributed by atoms with Crippen molar-refractivity contribution in [2.45, 2.75) is 18.9 Å². The van der Waals surface area contributed by atoms with Crippen molar-refractivity contribution in [1.29, 1.82) is 0 Å². The van der Waals surface area contributed by atoms with E-state index in [0.717, 1.165) is 29.7 Å². The van der Waals surface area contributed by atoms with Crippen LogP contribution in [-0.2, 0) is 18.3 Å². The van der Waals surface area contributed by atoms with Gasteiger partial charge < -0.3 is 25.1 Å². The highest BCUT2D eigenvalue weighted by Gasteiger charge is 2.26. The van der Waals surface area contributed by atoms with Crippen LogP contribution in [0.1, 0.15) is 12.2 Å². The van der Waals surface area contributed by atoms with Crippen LogP contribution in [0.25, 0.3) is 11.0 Å². The normalized spacial score (nSPS) is 15.7. The zero-order valence-corrected chi connectivity index (χ0v) is 15.1. The predicted molar refractivity (Wildman–Crippen MR) is 103 cm³/mol. The number of para-hydroxylation sites is 2. The summed E-state index contributed by atoms with van der Waals surface area (Å²) in [4.78, 5) is 16.9. The topological polar surface area (TPSA) is 91.4 Å². The number of nitrogens with two attached hydrogens (primary N) is 1. The van der Waals surface area contributed by atoms with Crippen LogP contribution in [0.4, 0.5) is 5.69 Å². The van der Waals surface area contributed by atoms with Gasteiger partial charge in [0.05, 0.1) is 11.0 Å². The van der Waals surface area contributed by atoms with E-state index in [4.69, 9.17) is 15.2 Å². The third-order valence-electron chi connectivity index (χ3n) is 4.67. The number of aromatic nitrogens is 2. The van der Waals surface area contributed by atoms with Crippen molar-refractivity contribution in [3.05, 3.63) is 48.3 Å². The number of ether oxygens (including phenoxy) is 2. The van der Waals surface area contributed by atoms with Crippen LogP contribution in [0.15, 0.2) is 42.5 Å². The van der Waals surface area contributed by atoms with Gasteiger partial charge in [-0.1, -0.05) is 12.1 Å². The van der Waals surface area contributed by atoms with Crippen molar-refractivity contribution < 1.29 is 14.3 Å². The van der Waals surface area contributed by atoms with Gasteiger partial charge in [-0.25, -0.2) is 4.98 Å². The maximum Gasteiger partial charge on any atom is 0.264 e. The number of carbonyl (C=O) groups is 1. The Labute approximate surface area is 157 Å². The van der Waals surface area contributed by atoms with E-state index in [1.54, 1.807) is 6.07 Å². The number of hydrogen-bond donors (Lipinski definition) is 2. The minimum atomic E-state index is -0.626. The molecule has 0 radical (unpaired) electrons. The van der Waals surface area contributed by atoms with Gasteiger partial charge in [0.1, 0.15) is 12.4 Å². The van der Waals surface area contributed by atoms with Crippen LogP contribution in [0.5, 0.6) is 11.5 Å². The molecule has 0 aliphatic carbocycles. The Balaban J connectivity index is 1.29. The van der Waals surface area contributed by atoms with Gasteiger partial charge in [0.25, 0.3) is 5.91 Å². The molecular formula is C20H22N4O3. The third-order valence-corrected chi connectivity index (χ3v) is 4.67. The van der Waals surface area contributed by atoms with E-state index in [2.05, 4.69) is 14.9 Å². The molecule has 0 saturated heterocycles. The monoisotopic (exact) mass is 366 g/mol. The van der Waals surface area contributed by atoms with Crippen molar-refractivity contribution in [3.8, 4) is 11.5 Å². The van der Waals surface area contributed by atoms with Crippen LogP contribution in [0.3, 0.4) is 0 Å². The first-order chi connectivity index (χ1) is 13.1. The fourth-order valence-corrected chi connectivity index (χ4v) is 3.21. The standard InChI is InChI=1S/C20H22N4O3/c1-24-15-9-8-13(21)11-14(15)23-19(24)7-4-10-22-20(25)18-12-26-16-5-2-3-6-17(16)27-18/h2-3,5-6,8-9,11,18H,4,7,10,12,21H2,1H3,(H,22,25)/t18-/m1/s1. The van der Waals surface area contributed by atoms with Crippen molar-refractivity contribution in [1.82, 2.24) is 14.9 Å². The number of anilines is 1. The minimum absolute atomic E-state index is 0.165. The van der Waals surface area contributed by atoms with Crippen LogP contribution in [0, 0.1) is 0 Å². The number of nitrogen functional groups attached to an aromatic ring is 1. The summed E-state index contributed by atoms with van der Waals surface area (Å²) >= 11 is 0. The highest BCUT2D eigenvalue weighted by molar-refractivity contribution is 5.82. The summed E-state index contributed by atoms with van der Waals surface area (Å²) in [5.41, 5.74) is 8.47.